The van der Waals surface area contributed by atoms with Crippen molar-refractivity contribution >= 4 is 12.4 Å². The van der Waals surface area contributed by atoms with Crippen LogP contribution in [0.25, 0.3) is 0 Å². The molecule has 0 aliphatic heterocycles. The summed E-state index contributed by atoms with van der Waals surface area (Å²) >= 11 is 0. The van der Waals surface area contributed by atoms with Gasteiger partial charge in [-0.1, -0.05) is 0 Å². The summed E-state index contributed by atoms with van der Waals surface area (Å²) in [6.07, 6.45) is 0. The summed E-state index contributed by atoms with van der Waals surface area (Å²) in [5.74, 6) is 0. The van der Waals surface area contributed by atoms with Gasteiger partial charge in [0.1, 0.15) is 0 Å². The van der Waals surface area contributed by atoms with Gasteiger partial charge in [0.15, 0.2) is 0 Å². The van der Waals surface area contributed by atoms with Crippen molar-refractivity contribution in [2.45, 2.75) is 20.8 Å². The van der Waals surface area contributed by atoms with Crippen LogP contribution in [0.2, 0.25) is 0 Å². The Morgan fingerprint density at radius 3 is 1.67 bits per heavy atom. The van der Waals surface area contributed by atoms with Crippen LogP contribution in [0.4, 0.5) is 0 Å². The van der Waals surface area contributed by atoms with E-state index in [0.29, 0.717) is 0 Å². The molecule has 2 N–H and O–H groups in total. The molecule has 0 bridgehead atoms. The molecule has 72 valence electrons. The predicted octanol–water partition coefficient (Wildman–Crippen LogP) is 1.78. The zero-order valence-corrected chi connectivity index (χ0v) is 8.51. The van der Waals surface area contributed by atoms with Crippen LogP contribution < -0.4 is 0 Å². The van der Waals surface area contributed by atoms with Crippen molar-refractivity contribution in [3.8, 4) is 0 Å². The Balaban J connectivity index is 0. The Labute approximate surface area is 78.2 Å². The quantitative estimate of drug-likeness (QED) is 0.489. The molecule has 1 aromatic rings. The van der Waals surface area contributed by atoms with Crippen molar-refractivity contribution in [1.29, 1.82) is 0 Å². The largest absolute Gasteiger partial charge is 0.272 e. The van der Waals surface area contributed by atoms with E-state index in [1.54, 1.807) is 0 Å². The first kappa shape index (κ1) is 14.0. The standard InChI is InChI=1S/C7H12N2.ClH.H2O2/c1-5-6(2)8-9(4)7(5)3;;1-2/h1-4H3;1H;1-2H. The number of aryl methyl sites for hydroxylation is 2. The van der Waals surface area contributed by atoms with Crippen LogP contribution in [-0.2, 0) is 7.05 Å². The first-order valence-electron chi connectivity index (χ1n) is 3.29. The Bertz CT molecular complexity index is 213. The van der Waals surface area contributed by atoms with Crippen LogP contribution in [0.15, 0.2) is 0 Å². The lowest BCUT2D eigenvalue weighted by atomic mass is 10.2. The molecule has 0 unspecified atom stereocenters. The van der Waals surface area contributed by atoms with Gasteiger partial charge in [-0.05, 0) is 26.3 Å². The van der Waals surface area contributed by atoms with E-state index < -0.39 is 0 Å². The number of aromatic nitrogens is 2. The summed E-state index contributed by atoms with van der Waals surface area (Å²) in [5.41, 5.74) is 3.69. The lowest BCUT2D eigenvalue weighted by Crippen LogP contribution is -1.92. The maximum absolute atomic E-state index is 6.00. The first-order chi connectivity index (χ1) is 5.13. The van der Waals surface area contributed by atoms with Crippen molar-refractivity contribution in [2.75, 3.05) is 0 Å². The zero-order valence-electron chi connectivity index (χ0n) is 7.70. The summed E-state index contributed by atoms with van der Waals surface area (Å²) in [6, 6.07) is 0. The van der Waals surface area contributed by atoms with E-state index in [9.17, 15) is 0 Å². The van der Waals surface area contributed by atoms with Gasteiger partial charge in [-0.25, -0.2) is 0 Å². The van der Waals surface area contributed by atoms with Gasteiger partial charge in [0.05, 0.1) is 5.69 Å². The minimum absolute atomic E-state index is 0. The van der Waals surface area contributed by atoms with E-state index >= 15 is 0 Å². The molecular formula is C7H15ClN2O2. The smallest absolute Gasteiger partial charge is 0.0625 e. The summed E-state index contributed by atoms with van der Waals surface area (Å²) in [7, 11) is 1.97. The SMILES string of the molecule is Cc1nn(C)c(C)c1C.Cl.OO. The van der Waals surface area contributed by atoms with Crippen molar-refractivity contribution in [3.05, 3.63) is 17.0 Å². The van der Waals surface area contributed by atoms with Crippen molar-refractivity contribution in [2.24, 2.45) is 7.05 Å². The Hall–Kier alpha value is -0.580. The molecule has 1 aromatic heterocycles. The number of hydrogen-bond acceptors (Lipinski definition) is 3. The second kappa shape index (κ2) is 5.99. The molecule has 0 spiro atoms. The molecule has 1 heterocycles. The molecule has 0 atom stereocenters. The van der Waals surface area contributed by atoms with E-state index in [1.165, 1.54) is 11.3 Å². The Morgan fingerprint density at radius 1 is 1.17 bits per heavy atom. The topological polar surface area (TPSA) is 58.3 Å². The third-order valence-electron chi connectivity index (χ3n) is 1.87. The molecule has 5 heteroatoms. The van der Waals surface area contributed by atoms with Gasteiger partial charge in [-0.2, -0.15) is 5.10 Å². The highest BCUT2D eigenvalue weighted by molar-refractivity contribution is 5.85. The molecule has 0 aromatic carbocycles. The number of hydrogen-bond donors (Lipinski definition) is 2. The van der Waals surface area contributed by atoms with Gasteiger partial charge in [-0.15, -0.1) is 12.4 Å². The van der Waals surface area contributed by atoms with Gasteiger partial charge in [0, 0.05) is 12.7 Å². The highest BCUT2D eigenvalue weighted by atomic mass is 35.5. The lowest BCUT2D eigenvalue weighted by Gasteiger charge is -1.90. The van der Waals surface area contributed by atoms with Crippen LogP contribution in [-0.4, -0.2) is 20.3 Å². The summed E-state index contributed by atoms with van der Waals surface area (Å²) in [6.45, 7) is 6.20. The molecule has 0 saturated carbocycles. The highest BCUT2D eigenvalue weighted by Crippen LogP contribution is 2.08. The number of nitrogens with zero attached hydrogens (tertiary/aromatic N) is 2. The van der Waals surface area contributed by atoms with Crippen LogP contribution in [0.3, 0.4) is 0 Å². The van der Waals surface area contributed by atoms with Crippen LogP contribution in [0, 0.1) is 20.8 Å². The van der Waals surface area contributed by atoms with Gasteiger partial charge in [-0.3, -0.25) is 15.2 Å². The van der Waals surface area contributed by atoms with Gasteiger partial charge in [0.25, 0.3) is 0 Å². The molecule has 0 aliphatic carbocycles. The van der Waals surface area contributed by atoms with Crippen LogP contribution in [0.5, 0.6) is 0 Å². The average Bonchev–Trinajstić information content (AvgIpc) is 2.22. The number of halogens is 1. The first-order valence-corrected chi connectivity index (χ1v) is 3.29. The highest BCUT2D eigenvalue weighted by Gasteiger charge is 2.01. The molecule has 4 nitrogen and oxygen atoms in total. The third-order valence-corrected chi connectivity index (χ3v) is 1.87. The second-order valence-corrected chi connectivity index (χ2v) is 2.42. The summed E-state index contributed by atoms with van der Waals surface area (Å²) in [5, 5.41) is 16.2. The van der Waals surface area contributed by atoms with E-state index in [1.807, 2.05) is 18.7 Å². The monoisotopic (exact) mass is 194 g/mol. The minimum atomic E-state index is 0. The van der Waals surface area contributed by atoms with Crippen LogP contribution >= 0.6 is 12.4 Å². The van der Waals surface area contributed by atoms with Crippen molar-refractivity contribution < 1.29 is 10.5 Å². The van der Waals surface area contributed by atoms with E-state index in [2.05, 4.69) is 18.9 Å². The average molecular weight is 195 g/mol. The third kappa shape index (κ3) is 2.81. The summed E-state index contributed by atoms with van der Waals surface area (Å²) in [4.78, 5) is 0. The van der Waals surface area contributed by atoms with E-state index in [4.69, 9.17) is 10.5 Å². The molecule has 0 aliphatic rings. The van der Waals surface area contributed by atoms with Crippen molar-refractivity contribution in [3.63, 3.8) is 0 Å². The molecule has 0 radical (unpaired) electrons. The molecule has 0 fully saturated rings. The van der Waals surface area contributed by atoms with Gasteiger partial charge >= 0.3 is 0 Å². The predicted molar refractivity (Wildman–Crippen MR) is 49.9 cm³/mol. The number of rotatable bonds is 0. The Kier molecular flexibility index (Phi) is 6.98. The minimum Gasteiger partial charge on any atom is -0.272 e. The molecule has 1 rings (SSSR count). The van der Waals surface area contributed by atoms with Crippen LogP contribution in [0.1, 0.15) is 17.0 Å². The molecular weight excluding hydrogens is 180 g/mol. The van der Waals surface area contributed by atoms with Gasteiger partial charge in [0.2, 0.25) is 0 Å². The van der Waals surface area contributed by atoms with E-state index in [-0.39, 0.29) is 12.4 Å². The summed E-state index contributed by atoms with van der Waals surface area (Å²) < 4.78 is 1.91. The van der Waals surface area contributed by atoms with Crippen molar-refractivity contribution in [1.82, 2.24) is 9.78 Å². The normalized spacial score (nSPS) is 8.17. The zero-order chi connectivity index (χ0) is 9.02. The molecule has 0 amide bonds. The molecule has 12 heavy (non-hydrogen) atoms. The fourth-order valence-corrected chi connectivity index (χ4v) is 0.880. The fraction of sp³-hybridized carbons (Fsp3) is 0.571. The second-order valence-electron chi connectivity index (χ2n) is 2.42. The lowest BCUT2D eigenvalue weighted by molar-refractivity contribution is -0.176. The van der Waals surface area contributed by atoms with Gasteiger partial charge < -0.3 is 0 Å². The molecule has 0 saturated heterocycles. The maximum Gasteiger partial charge on any atom is 0.0625 e. The fourth-order valence-electron chi connectivity index (χ4n) is 0.880. The maximum atomic E-state index is 6.00. The van der Waals surface area contributed by atoms with E-state index in [0.717, 1.165) is 5.69 Å². The Morgan fingerprint density at radius 2 is 1.58 bits per heavy atom.